The fourth-order valence-electron chi connectivity index (χ4n) is 1.83. The third kappa shape index (κ3) is 6.23. The molecule has 4 N–H and O–H groups in total. The molecule has 0 aliphatic carbocycles. The van der Waals surface area contributed by atoms with E-state index in [2.05, 4.69) is 33.0 Å². The third-order valence-electron chi connectivity index (χ3n) is 3.18. The summed E-state index contributed by atoms with van der Waals surface area (Å²) < 4.78 is 5.56. The molecule has 1 amide bonds. The molecule has 0 aliphatic heterocycles. The van der Waals surface area contributed by atoms with E-state index in [0.717, 1.165) is 24.2 Å². The van der Waals surface area contributed by atoms with E-state index in [1.165, 1.54) is 6.21 Å². The Morgan fingerprint density at radius 3 is 2.77 bits per heavy atom. The lowest BCUT2D eigenvalue weighted by Gasteiger charge is -2.05. The lowest BCUT2D eigenvalue weighted by atomic mass is 10.2. The molecule has 0 saturated carbocycles. The fourth-order valence-corrected chi connectivity index (χ4v) is 1.83. The molecule has 26 heavy (non-hydrogen) atoms. The van der Waals surface area contributed by atoms with E-state index in [4.69, 9.17) is 4.74 Å². The van der Waals surface area contributed by atoms with Crippen molar-refractivity contribution in [1.82, 2.24) is 20.6 Å². The summed E-state index contributed by atoms with van der Waals surface area (Å²) in [7, 11) is 0. The number of benzene rings is 1. The molecule has 10 nitrogen and oxygen atoms in total. The number of rotatable bonds is 9. The molecular weight excluding hydrogens is 340 g/mol. The quantitative estimate of drug-likeness (QED) is 0.286. The number of ether oxygens (including phenoxy) is 1. The average molecular weight is 360 g/mol. The van der Waals surface area contributed by atoms with Gasteiger partial charge in [0.05, 0.1) is 19.4 Å². The van der Waals surface area contributed by atoms with Crippen LogP contribution in [0.4, 0.5) is 5.82 Å². The fraction of sp³-hybridized carbons (Fsp3) is 0.312. The Morgan fingerprint density at radius 2 is 2.08 bits per heavy atom. The standard InChI is InChI=1S/C16H20N6O4/c1-2-3-8-26-12-6-4-11(5-7-12)9-18-20-13(23)10-17-14-15(24)19-16(25)22-21-14/h4-7,9H,2-3,8,10H2,1H3,(H,17,21)(H,20,23)(H2,19,22,24,25)/b18-9+. The number of nitrogens with zero attached hydrogens (tertiary/aromatic N) is 2. The highest BCUT2D eigenvalue weighted by atomic mass is 16.5. The zero-order chi connectivity index (χ0) is 18.8. The predicted molar refractivity (Wildman–Crippen MR) is 96.5 cm³/mol. The van der Waals surface area contributed by atoms with Crippen molar-refractivity contribution in [1.29, 1.82) is 0 Å². The van der Waals surface area contributed by atoms with Gasteiger partial charge < -0.3 is 10.1 Å². The van der Waals surface area contributed by atoms with Crippen LogP contribution >= 0.6 is 0 Å². The van der Waals surface area contributed by atoms with E-state index >= 15 is 0 Å². The van der Waals surface area contributed by atoms with Crippen LogP contribution in [0.25, 0.3) is 0 Å². The van der Waals surface area contributed by atoms with Crippen molar-refractivity contribution in [3.8, 4) is 5.75 Å². The molecule has 0 bridgehead atoms. The lowest BCUT2D eigenvalue weighted by molar-refractivity contribution is -0.119. The maximum absolute atomic E-state index is 11.7. The van der Waals surface area contributed by atoms with Gasteiger partial charge in [0, 0.05) is 0 Å². The zero-order valence-corrected chi connectivity index (χ0v) is 14.2. The SMILES string of the molecule is CCCCOc1ccc(/C=N/NC(=O)CNc2n[nH]c(=O)[nH]c2=O)cc1. The molecule has 0 atom stereocenters. The number of hydrazone groups is 1. The molecule has 0 radical (unpaired) electrons. The minimum atomic E-state index is -0.726. The maximum atomic E-state index is 11.7. The van der Waals surface area contributed by atoms with Crippen LogP contribution < -0.4 is 26.7 Å². The number of H-pyrrole nitrogens is 2. The first kappa shape index (κ1) is 18.9. The molecule has 0 unspecified atom stereocenters. The summed E-state index contributed by atoms with van der Waals surface area (Å²) in [5, 5.41) is 11.9. The van der Waals surface area contributed by atoms with E-state index < -0.39 is 17.2 Å². The largest absolute Gasteiger partial charge is 0.494 e. The van der Waals surface area contributed by atoms with Crippen molar-refractivity contribution in [2.45, 2.75) is 19.8 Å². The van der Waals surface area contributed by atoms with Crippen molar-refractivity contribution in [2.24, 2.45) is 5.10 Å². The number of hydrogen-bond acceptors (Lipinski definition) is 7. The number of anilines is 1. The number of amides is 1. The third-order valence-corrected chi connectivity index (χ3v) is 3.18. The van der Waals surface area contributed by atoms with Gasteiger partial charge in [-0.15, -0.1) is 5.10 Å². The summed E-state index contributed by atoms with van der Waals surface area (Å²) in [5.41, 5.74) is 1.66. The predicted octanol–water partition coefficient (Wildman–Crippen LogP) is 0.199. The summed E-state index contributed by atoms with van der Waals surface area (Å²) in [5.74, 6) is 0.137. The molecule has 1 aromatic carbocycles. The Labute approximate surface area is 148 Å². The van der Waals surface area contributed by atoms with Gasteiger partial charge in [0.2, 0.25) is 5.82 Å². The van der Waals surface area contributed by atoms with Gasteiger partial charge >= 0.3 is 5.69 Å². The van der Waals surface area contributed by atoms with Crippen molar-refractivity contribution in [3.05, 3.63) is 50.7 Å². The Hall–Kier alpha value is -3.43. The van der Waals surface area contributed by atoms with Crippen molar-refractivity contribution >= 4 is 17.9 Å². The second-order valence-corrected chi connectivity index (χ2v) is 5.27. The smallest absolute Gasteiger partial charge is 0.342 e. The molecule has 0 aliphatic rings. The van der Waals surface area contributed by atoms with Crippen LogP contribution in [0.5, 0.6) is 5.75 Å². The van der Waals surface area contributed by atoms with Crippen LogP contribution in [0.1, 0.15) is 25.3 Å². The molecule has 10 heteroatoms. The van der Waals surface area contributed by atoms with E-state index in [0.29, 0.717) is 6.61 Å². The first-order valence-electron chi connectivity index (χ1n) is 8.06. The number of aromatic amines is 2. The Balaban J connectivity index is 1.77. The molecule has 0 spiro atoms. The minimum absolute atomic E-state index is 0.164. The van der Waals surface area contributed by atoms with Crippen molar-refractivity contribution in [2.75, 3.05) is 18.5 Å². The van der Waals surface area contributed by atoms with Gasteiger partial charge in [-0.3, -0.25) is 14.6 Å². The van der Waals surface area contributed by atoms with E-state index in [1.54, 1.807) is 0 Å². The van der Waals surface area contributed by atoms with Crippen LogP contribution in [0, 0.1) is 0 Å². The van der Waals surface area contributed by atoms with Crippen LogP contribution in [0.2, 0.25) is 0 Å². The summed E-state index contributed by atoms with van der Waals surface area (Å²) >= 11 is 0. The molecule has 138 valence electrons. The summed E-state index contributed by atoms with van der Waals surface area (Å²) in [6.07, 6.45) is 3.56. The van der Waals surface area contributed by atoms with Crippen LogP contribution in [-0.4, -0.2) is 40.5 Å². The number of hydrogen-bond donors (Lipinski definition) is 4. The average Bonchev–Trinajstić information content (AvgIpc) is 2.62. The van der Waals surface area contributed by atoms with Gasteiger partial charge in [0.1, 0.15) is 5.75 Å². The summed E-state index contributed by atoms with van der Waals surface area (Å²) in [6.45, 7) is 2.55. The lowest BCUT2D eigenvalue weighted by Crippen LogP contribution is -2.31. The highest BCUT2D eigenvalue weighted by Gasteiger charge is 2.04. The molecule has 0 fully saturated rings. The van der Waals surface area contributed by atoms with Crippen molar-refractivity contribution in [3.63, 3.8) is 0 Å². The summed E-state index contributed by atoms with van der Waals surface area (Å²) in [6, 6.07) is 7.29. The molecule has 2 rings (SSSR count). The number of nitrogens with one attached hydrogen (secondary N) is 4. The Kier molecular flexibility index (Phi) is 7.10. The molecule has 1 aromatic heterocycles. The van der Waals surface area contributed by atoms with E-state index in [1.807, 2.05) is 29.2 Å². The zero-order valence-electron chi connectivity index (χ0n) is 14.2. The van der Waals surface area contributed by atoms with Gasteiger partial charge in [-0.05, 0) is 36.2 Å². The first-order valence-corrected chi connectivity index (χ1v) is 8.06. The molecular formula is C16H20N6O4. The normalized spacial score (nSPS) is 10.7. The minimum Gasteiger partial charge on any atom is -0.494 e. The topological polar surface area (TPSA) is 141 Å². The molecule has 1 heterocycles. The maximum Gasteiger partial charge on any atom is 0.342 e. The van der Waals surface area contributed by atoms with Gasteiger partial charge in [0.15, 0.2) is 0 Å². The van der Waals surface area contributed by atoms with Crippen LogP contribution in [-0.2, 0) is 4.79 Å². The van der Waals surface area contributed by atoms with Gasteiger partial charge in [-0.1, -0.05) is 13.3 Å². The molecule has 0 saturated heterocycles. The number of carbonyl (C=O) groups excluding carboxylic acids is 1. The van der Waals surface area contributed by atoms with Gasteiger partial charge in [0.25, 0.3) is 11.5 Å². The Morgan fingerprint density at radius 1 is 1.31 bits per heavy atom. The van der Waals surface area contributed by atoms with Crippen molar-refractivity contribution < 1.29 is 9.53 Å². The van der Waals surface area contributed by atoms with E-state index in [-0.39, 0.29) is 12.4 Å². The highest BCUT2D eigenvalue weighted by Crippen LogP contribution is 2.11. The monoisotopic (exact) mass is 360 g/mol. The van der Waals surface area contributed by atoms with Gasteiger partial charge in [-0.2, -0.15) is 5.10 Å². The first-order chi connectivity index (χ1) is 12.6. The van der Waals surface area contributed by atoms with Gasteiger partial charge in [-0.25, -0.2) is 15.3 Å². The number of aromatic nitrogens is 3. The van der Waals surface area contributed by atoms with Crippen LogP contribution in [0.3, 0.4) is 0 Å². The second kappa shape index (κ2) is 9.77. The summed E-state index contributed by atoms with van der Waals surface area (Å²) in [4.78, 5) is 35.9. The molecule has 2 aromatic rings. The highest BCUT2D eigenvalue weighted by molar-refractivity contribution is 5.84. The second-order valence-electron chi connectivity index (χ2n) is 5.27. The number of unbranched alkanes of at least 4 members (excludes halogenated alkanes) is 1. The Bertz CT molecular complexity index is 856. The van der Waals surface area contributed by atoms with E-state index in [9.17, 15) is 14.4 Å². The number of carbonyl (C=O) groups is 1. The van der Waals surface area contributed by atoms with Crippen LogP contribution in [0.15, 0.2) is 39.0 Å².